The van der Waals surface area contributed by atoms with Crippen molar-refractivity contribution in [1.82, 2.24) is 0 Å². The van der Waals surface area contributed by atoms with Crippen LogP contribution in [0.15, 0.2) is 119 Å². The fourth-order valence-electron chi connectivity index (χ4n) is 8.00. The summed E-state index contributed by atoms with van der Waals surface area (Å²) in [7, 11) is 0. The number of benzene rings is 3. The van der Waals surface area contributed by atoms with Gasteiger partial charge in [0.2, 0.25) is 0 Å². The van der Waals surface area contributed by atoms with Crippen LogP contribution in [0.4, 0.5) is 5.69 Å². The van der Waals surface area contributed by atoms with Gasteiger partial charge in [-0.2, -0.15) is 10.5 Å². The lowest BCUT2D eigenvalue weighted by Gasteiger charge is -2.39. The van der Waals surface area contributed by atoms with Crippen molar-refractivity contribution in [1.29, 1.82) is 10.5 Å². The molecule has 5 heteroatoms. The van der Waals surface area contributed by atoms with Crippen LogP contribution in [0.2, 0.25) is 0 Å². The first kappa shape index (κ1) is 25.0. The quantitative estimate of drug-likeness (QED) is 0.243. The average molecular weight is 570 g/mol. The van der Waals surface area contributed by atoms with Crippen LogP contribution in [-0.4, -0.2) is 12.1 Å². The van der Waals surface area contributed by atoms with Crippen molar-refractivity contribution in [3.63, 3.8) is 0 Å². The number of nitriles is 2. The summed E-state index contributed by atoms with van der Waals surface area (Å²) in [6.45, 7) is 2.32. The van der Waals surface area contributed by atoms with Gasteiger partial charge in [-0.05, 0) is 73.0 Å². The Morgan fingerprint density at radius 2 is 1.86 bits per heavy atom. The molecule has 3 heterocycles. The molecule has 0 saturated carbocycles. The molecule has 5 atom stereocenters. The molecule has 0 N–H and O–H groups in total. The lowest BCUT2D eigenvalue weighted by Crippen LogP contribution is -2.42. The van der Waals surface area contributed by atoms with Crippen LogP contribution >= 0.6 is 0 Å². The summed E-state index contributed by atoms with van der Waals surface area (Å²) in [5, 5.41) is 20.4. The number of rotatable bonds is 2. The largest absolute Gasteiger partial charge is 0.485 e. The maximum absolute atomic E-state index is 9.98. The minimum absolute atomic E-state index is 0.0128. The van der Waals surface area contributed by atoms with Crippen molar-refractivity contribution in [3.8, 4) is 17.9 Å². The molecule has 0 amide bonds. The normalized spacial score (nSPS) is 26.8. The number of fused-ring (bicyclic) bond motifs is 10. The second kappa shape index (κ2) is 8.99. The van der Waals surface area contributed by atoms with Crippen molar-refractivity contribution in [2.24, 2.45) is 0 Å². The van der Waals surface area contributed by atoms with Crippen molar-refractivity contribution >= 4 is 22.7 Å². The third-order valence-electron chi connectivity index (χ3n) is 10.1. The molecule has 210 valence electrons. The lowest BCUT2D eigenvalue weighted by atomic mass is 9.75. The van der Waals surface area contributed by atoms with E-state index in [1.165, 1.54) is 16.9 Å². The standard InChI is InChI=1S/C39H27N3O2/c1-39-17-5-4-8-36(39)42(32-7-3-2-6-30(32)39)31-13-9-23(21-40)18-27(31)25-11-15-34-29(20-25)37-35(43-34)16-12-26-28-19-24(22-41)10-14-33(28)44-38(26)37/h2-17,19-20,27,35-37H,18H2,1H3. The first-order valence-corrected chi connectivity index (χ1v) is 15.1. The number of anilines is 1. The van der Waals surface area contributed by atoms with Crippen LogP contribution in [0.25, 0.3) is 17.0 Å². The molecule has 5 nitrogen and oxygen atoms in total. The van der Waals surface area contributed by atoms with Crippen molar-refractivity contribution < 1.29 is 9.15 Å². The minimum atomic E-state index is -0.162. The molecular weight excluding hydrogens is 542 g/mol. The van der Waals surface area contributed by atoms with E-state index in [2.05, 4.69) is 109 Å². The van der Waals surface area contributed by atoms with Crippen LogP contribution < -0.4 is 9.64 Å². The van der Waals surface area contributed by atoms with Gasteiger partial charge in [-0.25, -0.2) is 0 Å². The summed E-state index contributed by atoms with van der Waals surface area (Å²) in [6, 6.07) is 25.6. The molecule has 4 aromatic rings. The molecule has 5 unspecified atom stereocenters. The number of furan rings is 1. The summed E-state index contributed by atoms with van der Waals surface area (Å²) >= 11 is 0. The number of allylic oxidation sites excluding steroid dienone is 6. The Morgan fingerprint density at radius 3 is 2.75 bits per heavy atom. The minimum Gasteiger partial charge on any atom is -0.485 e. The summed E-state index contributed by atoms with van der Waals surface area (Å²) in [4.78, 5) is 2.49. The van der Waals surface area contributed by atoms with Crippen LogP contribution in [0.5, 0.6) is 5.75 Å². The van der Waals surface area contributed by atoms with Crippen LogP contribution in [0.3, 0.4) is 0 Å². The first-order valence-electron chi connectivity index (χ1n) is 15.1. The molecule has 0 spiro atoms. The molecule has 0 fully saturated rings. The smallest absolute Gasteiger partial charge is 0.135 e. The van der Waals surface area contributed by atoms with E-state index in [4.69, 9.17) is 9.15 Å². The number of ether oxygens (including phenoxy) is 1. The van der Waals surface area contributed by atoms with Crippen molar-refractivity contribution in [2.45, 2.75) is 42.7 Å². The van der Waals surface area contributed by atoms with Gasteiger partial charge in [0.1, 0.15) is 23.2 Å². The molecule has 0 bridgehead atoms. The topological polar surface area (TPSA) is 73.2 Å². The first-order chi connectivity index (χ1) is 21.6. The second-order valence-corrected chi connectivity index (χ2v) is 12.4. The Morgan fingerprint density at radius 1 is 0.955 bits per heavy atom. The Balaban J connectivity index is 1.17. The van der Waals surface area contributed by atoms with E-state index in [0.29, 0.717) is 12.0 Å². The molecule has 2 aliphatic heterocycles. The molecule has 0 radical (unpaired) electrons. The molecule has 3 aromatic carbocycles. The third kappa shape index (κ3) is 3.33. The monoisotopic (exact) mass is 569 g/mol. The van der Waals surface area contributed by atoms with E-state index in [1.807, 2.05) is 18.2 Å². The Hall–Kier alpha value is -5.52. The van der Waals surface area contributed by atoms with E-state index in [-0.39, 0.29) is 29.4 Å². The number of para-hydroxylation sites is 1. The SMILES string of the molecule is CC12C=CC=CC1N(C1=CC=C(C#N)CC1c1ccc3c(c1)C1c4oc5ccc(C#N)cc5c4C=CC1O3)c1ccccc12. The maximum atomic E-state index is 9.98. The summed E-state index contributed by atoms with van der Waals surface area (Å²) < 4.78 is 12.9. The highest BCUT2D eigenvalue weighted by Gasteiger charge is 2.48. The number of hydrogen-bond donors (Lipinski definition) is 0. The van der Waals surface area contributed by atoms with Crippen molar-refractivity contribution in [2.75, 3.05) is 4.90 Å². The zero-order chi connectivity index (χ0) is 29.6. The molecule has 0 saturated heterocycles. The average Bonchev–Trinajstić information content (AvgIpc) is 3.71. The predicted octanol–water partition coefficient (Wildman–Crippen LogP) is 8.32. The molecule has 44 heavy (non-hydrogen) atoms. The summed E-state index contributed by atoms with van der Waals surface area (Å²) in [5.74, 6) is 1.63. The molecule has 1 aromatic heterocycles. The van der Waals surface area contributed by atoms with Gasteiger partial charge >= 0.3 is 0 Å². The van der Waals surface area contributed by atoms with Gasteiger partial charge in [-0.1, -0.05) is 60.7 Å². The van der Waals surface area contributed by atoms with E-state index < -0.39 is 0 Å². The third-order valence-corrected chi connectivity index (χ3v) is 10.1. The van der Waals surface area contributed by atoms with Gasteiger partial charge < -0.3 is 14.1 Å². The summed E-state index contributed by atoms with van der Waals surface area (Å²) in [6.07, 6.45) is 17.7. The van der Waals surface area contributed by atoms with Crippen LogP contribution in [0.1, 0.15) is 58.8 Å². The van der Waals surface area contributed by atoms with Gasteiger partial charge in [0.25, 0.3) is 0 Å². The van der Waals surface area contributed by atoms with E-state index in [1.54, 1.807) is 6.07 Å². The fraction of sp³-hybridized carbons (Fsp3) is 0.179. The Kier molecular flexibility index (Phi) is 5.11. The van der Waals surface area contributed by atoms with Gasteiger partial charge in [-0.3, -0.25) is 0 Å². The highest BCUT2D eigenvalue weighted by Crippen LogP contribution is 2.54. The Bertz CT molecular complexity index is 2160. The fourth-order valence-corrected chi connectivity index (χ4v) is 8.00. The molecular formula is C39H27N3O2. The maximum Gasteiger partial charge on any atom is 0.135 e. The lowest BCUT2D eigenvalue weighted by molar-refractivity contribution is 0.256. The highest BCUT2D eigenvalue weighted by molar-refractivity contribution is 5.91. The number of nitrogens with zero attached hydrogens (tertiary/aromatic N) is 3. The van der Waals surface area contributed by atoms with Crippen LogP contribution in [-0.2, 0) is 5.41 Å². The summed E-state index contributed by atoms with van der Waals surface area (Å²) in [5.41, 5.74) is 9.00. The van der Waals surface area contributed by atoms with E-state index in [9.17, 15) is 10.5 Å². The van der Waals surface area contributed by atoms with E-state index in [0.717, 1.165) is 44.7 Å². The molecule has 5 aliphatic rings. The van der Waals surface area contributed by atoms with Gasteiger partial charge in [-0.15, -0.1) is 0 Å². The van der Waals surface area contributed by atoms with Gasteiger partial charge in [0, 0.05) is 44.8 Å². The zero-order valence-electron chi connectivity index (χ0n) is 24.1. The van der Waals surface area contributed by atoms with Crippen molar-refractivity contribution in [3.05, 3.63) is 148 Å². The molecule has 3 aliphatic carbocycles. The van der Waals surface area contributed by atoms with Gasteiger partial charge in [0.15, 0.2) is 0 Å². The second-order valence-electron chi connectivity index (χ2n) is 12.4. The predicted molar refractivity (Wildman–Crippen MR) is 170 cm³/mol. The zero-order valence-corrected chi connectivity index (χ0v) is 24.1. The van der Waals surface area contributed by atoms with Crippen LogP contribution in [0, 0.1) is 22.7 Å². The number of hydrogen-bond acceptors (Lipinski definition) is 5. The van der Waals surface area contributed by atoms with Gasteiger partial charge in [0.05, 0.1) is 29.7 Å². The van der Waals surface area contributed by atoms with E-state index >= 15 is 0 Å². The Labute approximate surface area is 255 Å². The highest BCUT2D eigenvalue weighted by atomic mass is 16.5. The molecule has 9 rings (SSSR count).